The van der Waals surface area contributed by atoms with E-state index in [1.807, 2.05) is 37.3 Å². The zero-order valence-corrected chi connectivity index (χ0v) is 20.8. The van der Waals surface area contributed by atoms with Crippen LogP contribution < -0.4 is 5.32 Å². The third kappa shape index (κ3) is 6.08. The van der Waals surface area contributed by atoms with Crippen molar-refractivity contribution in [3.05, 3.63) is 66.1 Å². The molecule has 0 radical (unpaired) electrons. The Morgan fingerprint density at radius 1 is 1.06 bits per heavy atom. The first-order valence-electron chi connectivity index (χ1n) is 11.4. The van der Waals surface area contributed by atoms with Crippen molar-refractivity contribution in [3.63, 3.8) is 0 Å². The maximum Gasteiger partial charge on any atom is 0.243 e. The number of oxazole rings is 1. The van der Waals surface area contributed by atoms with E-state index in [0.29, 0.717) is 30.4 Å². The standard InChI is InChI=1S/C25H29N3O4S2/c1-19-23(27-25(32-19)20-10-5-4-6-11-20)17-33-18-24(29)26-21-12-9-13-22(16-21)34(30,31)28-14-7-2-3-8-15-28/h4-6,9-13,16H,2-3,7-8,14-15,17-18H2,1H3,(H,26,29). The van der Waals surface area contributed by atoms with Crippen LogP contribution in [0.4, 0.5) is 5.69 Å². The number of benzene rings is 2. The number of rotatable bonds is 8. The molecule has 1 aromatic heterocycles. The SMILES string of the molecule is Cc1oc(-c2ccccc2)nc1CSCC(=O)Nc1cccc(S(=O)(=O)N2CCCCCC2)c1. The summed E-state index contributed by atoms with van der Waals surface area (Å²) in [5, 5.41) is 2.82. The lowest BCUT2D eigenvalue weighted by molar-refractivity contribution is -0.113. The van der Waals surface area contributed by atoms with Gasteiger partial charge in [0, 0.05) is 30.1 Å². The van der Waals surface area contributed by atoms with Gasteiger partial charge in [0.15, 0.2) is 0 Å². The topological polar surface area (TPSA) is 92.5 Å². The molecule has 0 atom stereocenters. The summed E-state index contributed by atoms with van der Waals surface area (Å²) in [6, 6.07) is 16.2. The highest BCUT2D eigenvalue weighted by molar-refractivity contribution is 7.99. The smallest absolute Gasteiger partial charge is 0.243 e. The van der Waals surface area contributed by atoms with Gasteiger partial charge in [0.1, 0.15) is 5.76 Å². The fraction of sp³-hybridized carbons (Fsp3) is 0.360. The highest BCUT2D eigenvalue weighted by atomic mass is 32.2. The van der Waals surface area contributed by atoms with Gasteiger partial charge in [0.2, 0.25) is 21.8 Å². The minimum absolute atomic E-state index is 0.196. The molecule has 1 N–H and O–H groups in total. The molecule has 3 aromatic rings. The number of hydrogen-bond acceptors (Lipinski definition) is 6. The van der Waals surface area contributed by atoms with Gasteiger partial charge in [0.05, 0.1) is 16.3 Å². The molecule has 0 saturated carbocycles. The van der Waals surface area contributed by atoms with Crippen molar-refractivity contribution >= 4 is 33.4 Å². The number of carbonyl (C=O) groups is 1. The summed E-state index contributed by atoms with van der Waals surface area (Å²) in [5.74, 6) is 1.87. The number of nitrogens with zero attached hydrogens (tertiary/aromatic N) is 2. The molecule has 1 fully saturated rings. The zero-order chi connectivity index (χ0) is 24.0. The molecule has 1 saturated heterocycles. The van der Waals surface area contributed by atoms with Gasteiger partial charge in [-0.15, -0.1) is 11.8 Å². The van der Waals surface area contributed by atoms with E-state index in [0.717, 1.165) is 42.7 Å². The molecule has 2 heterocycles. The van der Waals surface area contributed by atoms with E-state index >= 15 is 0 Å². The number of hydrogen-bond donors (Lipinski definition) is 1. The molecule has 0 spiro atoms. The van der Waals surface area contributed by atoms with Crippen molar-refractivity contribution in [3.8, 4) is 11.5 Å². The molecule has 1 aliphatic rings. The second-order valence-electron chi connectivity index (χ2n) is 8.28. The molecule has 180 valence electrons. The fourth-order valence-corrected chi connectivity index (χ4v) is 6.25. The average Bonchev–Trinajstić information content (AvgIpc) is 3.02. The summed E-state index contributed by atoms with van der Waals surface area (Å²) in [6.07, 6.45) is 3.87. The quantitative estimate of drug-likeness (QED) is 0.464. The predicted octanol–water partition coefficient (Wildman–Crippen LogP) is 5.09. The monoisotopic (exact) mass is 499 g/mol. The predicted molar refractivity (Wildman–Crippen MR) is 135 cm³/mol. The van der Waals surface area contributed by atoms with Gasteiger partial charge < -0.3 is 9.73 Å². The van der Waals surface area contributed by atoms with Crippen molar-refractivity contribution in [1.82, 2.24) is 9.29 Å². The van der Waals surface area contributed by atoms with Gasteiger partial charge in [-0.3, -0.25) is 4.79 Å². The zero-order valence-electron chi connectivity index (χ0n) is 19.2. The van der Waals surface area contributed by atoms with Crippen LogP contribution in [0.5, 0.6) is 0 Å². The Morgan fingerprint density at radius 3 is 2.53 bits per heavy atom. The van der Waals surface area contributed by atoms with Crippen molar-refractivity contribution in [2.45, 2.75) is 43.3 Å². The second-order valence-corrected chi connectivity index (χ2v) is 11.2. The van der Waals surface area contributed by atoms with E-state index in [1.54, 1.807) is 22.5 Å². The van der Waals surface area contributed by atoms with E-state index in [4.69, 9.17) is 4.42 Å². The van der Waals surface area contributed by atoms with Gasteiger partial charge in [-0.2, -0.15) is 4.31 Å². The number of anilines is 1. The lowest BCUT2D eigenvalue weighted by Gasteiger charge is -2.20. The Kier molecular flexibility index (Phi) is 8.07. The van der Waals surface area contributed by atoms with Crippen LogP contribution in [0.25, 0.3) is 11.5 Å². The highest BCUT2D eigenvalue weighted by Crippen LogP contribution is 2.25. The molecule has 1 amide bonds. The highest BCUT2D eigenvalue weighted by Gasteiger charge is 2.25. The average molecular weight is 500 g/mol. The minimum Gasteiger partial charge on any atom is -0.441 e. The summed E-state index contributed by atoms with van der Waals surface area (Å²) >= 11 is 1.43. The van der Waals surface area contributed by atoms with Crippen molar-refractivity contribution < 1.29 is 17.6 Å². The molecule has 1 aliphatic heterocycles. The molecule has 2 aromatic carbocycles. The third-order valence-electron chi connectivity index (χ3n) is 5.71. The molecule has 0 unspecified atom stereocenters. The summed E-state index contributed by atoms with van der Waals surface area (Å²) in [7, 11) is -3.56. The Hall–Kier alpha value is -2.62. The van der Waals surface area contributed by atoms with Crippen LogP contribution in [0.3, 0.4) is 0 Å². The van der Waals surface area contributed by atoms with Crippen LogP contribution in [0.1, 0.15) is 37.1 Å². The molecular formula is C25H29N3O4S2. The van der Waals surface area contributed by atoms with Crippen LogP contribution >= 0.6 is 11.8 Å². The second kappa shape index (κ2) is 11.2. The lowest BCUT2D eigenvalue weighted by atomic mass is 10.2. The summed E-state index contributed by atoms with van der Waals surface area (Å²) < 4.78 is 33.4. The van der Waals surface area contributed by atoms with E-state index in [9.17, 15) is 13.2 Å². The Morgan fingerprint density at radius 2 is 1.79 bits per heavy atom. The molecular weight excluding hydrogens is 470 g/mol. The number of aryl methyl sites for hydroxylation is 1. The molecule has 34 heavy (non-hydrogen) atoms. The number of carbonyl (C=O) groups excluding carboxylic acids is 1. The summed E-state index contributed by atoms with van der Waals surface area (Å²) in [4.78, 5) is 17.3. The molecule has 0 bridgehead atoms. The summed E-state index contributed by atoms with van der Waals surface area (Å²) in [5.41, 5.74) is 2.20. The van der Waals surface area contributed by atoms with E-state index < -0.39 is 10.0 Å². The first kappa shape index (κ1) is 24.5. The van der Waals surface area contributed by atoms with Crippen LogP contribution in [-0.4, -0.2) is 42.5 Å². The molecule has 9 heteroatoms. The number of sulfonamides is 1. The lowest BCUT2D eigenvalue weighted by Crippen LogP contribution is -2.32. The van der Waals surface area contributed by atoms with Crippen LogP contribution in [0, 0.1) is 6.92 Å². The van der Waals surface area contributed by atoms with Gasteiger partial charge >= 0.3 is 0 Å². The van der Waals surface area contributed by atoms with Crippen LogP contribution in [-0.2, 0) is 20.6 Å². The Balaban J connectivity index is 1.33. The largest absolute Gasteiger partial charge is 0.441 e. The van der Waals surface area contributed by atoms with Crippen LogP contribution in [0.2, 0.25) is 0 Å². The molecule has 0 aliphatic carbocycles. The van der Waals surface area contributed by atoms with Gasteiger partial charge in [0.25, 0.3) is 0 Å². The van der Waals surface area contributed by atoms with Crippen molar-refractivity contribution in [2.24, 2.45) is 0 Å². The van der Waals surface area contributed by atoms with Gasteiger partial charge in [-0.1, -0.05) is 37.1 Å². The van der Waals surface area contributed by atoms with Crippen molar-refractivity contribution in [2.75, 3.05) is 24.2 Å². The van der Waals surface area contributed by atoms with E-state index in [-0.39, 0.29) is 16.6 Å². The third-order valence-corrected chi connectivity index (χ3v) is 8.54. The number of thioether (sulfide) groups is 1. The maximum absolute atomic E-state index is 13.0. The van der Waals surface area contributed by atoms with Gasteiger partial charge in [-0.05, 0) is 50.1 Å². The first-order valence-corrected chi connectivity index (χ1v) is 14.0. The van der Waals surface area contributed by atoms with E-state index in [1.165, 1.54) is 17.8 Å². The van der Waals surface area contributed by atoms with Crippen LogP contribution in [0.15, 0.2) is 63.9 Å². The fourth-order valence-electron chi connectivity index (χ4n) is 3.87. The number of amides is 1. The number of aromatic nitrogens is 1. The van der Waals surface area contributed by atoms with E-state index in [2.05, 4.69) is 10.3 Å². The maximum atomic E-state index is 13.0. The Bertz CT molecular complexity index is 1220. The normalized spacial score (nSPS) is 15.1. The minimum atomic E-state index is -3.56. The first-order chi connectivity index (χ1) is 16.4. The Labute approximate surface area is 205 Å². The van der Waals surface area contributed by atoms with Crippen molar-refractivity contribution in [1.29, 1.82) is 0 Å². The summed E-state index contributed by atoms with van der Waals surface area (Å²) in [6.45, 7) is 2.96. The molecule has 4 rings (SSSR count). The molecule has 7 nitrogen and oxygen atoms in total. The van der Waals surface area contributed by atoms with Gasteiger partial charge in [-0.25, -0.2) is 13.4 Å². The number of nitrogens with one attached hydrogen (secondary N) is 1.